The lowest BCUT2D eigenvalue weighted by atomic mass is 10.1. The van der Waals surface area contributed by atoms with Crippen LogP contribution in [0.4, 0.5) is 13.2 Å². The Morgan fingerprint density at radius 2 is 1.81 bits per heavy atom. The highest BCUT2D eigenvalue weighted by atomic mass is 19.4. The van der Waals surface area contributed by atoms with Gasteiger partial charge in [0.15, 0.2) is 5.69 Å². The number of furan rings is 1. The molecule has 0 saturated heterocycles. The molecule has 0 radical (unpaired) electrons. The molecule has 5 nitrogen and oxygen atoms in total. The Labute approximate surface area is 153 Å². The van der Waals surface area contributed by atoms with Gasteiger partial charge in [-0.1, -0.05) is 17.7 Å². The van der Waals surface area contributed by atoms with Crippen molar-refractivity contribution in [2.45, 2.75) is 33.0 Å². The van der Waals surface area contributed by atoms with Gasteiger partial charge in [0, 0.05) is 0 Å². The minimum atomic E-state index is -4.75. The van der Waals surface area contributed by atoms with Crippen molar-refractivity contribution < 1.29 is 22.4 Å². The second-order valence-electron chi connectivity index (χ2n) is 6.30. The molecule has 8 heteroatoms. The maximum Gasteiger partial charge on any atom is 0.434 e. The zero-order valence-corrected chi connectivity index (χ0v) is 15.0. The van der Waals surface area contributed by atoms with Crippen LogP contribution in [0, 0.1) is 13.8 Å². The number of halogens is 3. The van der Waals surface area contributed by atoms with Gasteiger partial charge in [0.25, 0.3) is 5.91 Å². The number of alkyl halides is 3. The van der Waals surface area contributed by atoms with E-state index in [2.05, 4.69) is 10.4 Å². The van der Waals surface area contributed by atoms with E-state index in [0.29, 0.717) is 11.5 Å². The minimum Gasteiger partial charge on any atom is -0.464 e. The van der Waals surface area contributed by atoms with E-state index in [-0.39, 0.29) is 5.69 Å². The summed E-state index contributed by atoms with van der Waals surface area (Å²) in [7, 11) is 0. The molecule has 1 N–H and O–H groups in total. The Bertz CT molecular complexity index is 955. The van der Waals surface area contributed by atoms with Crippen LogP contribution in [-0.4, -0.2) is 15.7 Å². The van der Waals surface area contributed by atoms with Gasteiger partial charge in [0.2, 0.25) is 0 Å². The first kappa shape index (κ1) is 18.8. The van der Waals surface area contributed by atoms with E-state index in [0.717, 1.165) is 16.4 Å². The Hall–Kier alpha value is -3.03. The fourth-order valence-electron chi connectivity index (χ4n) is 2.70. The quantitative estimate of drug-likeness (QED) is 0.723. The summed E-state index contributed by atoms with van der Waals surface area (Å²) in [5, 5.41) is 6.33. The summed E-state index contributed by atoms with van der Waals surface area (Å²) in [6.07, 6.45) is -3.82. The van der Waals surface area contributed by atoms with E-state index in [1.165, 1.54) is 12.1 Å². The van der Waals surface area contributed by atoms with Crippen LogP contribution in [-0.2, 0) is 6.18 Å². The molecule has 0 spiro atoms. The number of hydrogen-bond acceptors (Lipinski definition) is 3. The molecule has 3 aromatic rings. The van der Waals surface area contributed by atoms with Crippen LogP contribution in [0.25, 0.3) is 5.69 Å². The number of hydrogen-bond donors (Lipinski definition) is 1. The number of carbonyl (C=O) groups excluding carboxylic acids is 1. The molecule has 1 atom stereocenters. The zero-order chi connectivity index (χ0) is 19.8. The van der Waals surface area contributed by atoms with Crippen molar-refractivity contribution in [2.75, 3.05) is 0 Å². The van der Waals surface area contributed by atoms with Crippen molar-refractivity contribution in [3.05, 3.63) is 70.9 Å². The molecule has 2 heterocycles. The molecular weight excluding hydrogens is 359 g/mol. The van der Waals surface area contributed by atoms with Gasteiger partial charge >= 0.3 is 6.18 Å². The maximum atomic E-state index is 13.7. The lowest BCUT2D eigenvalue weighted by Crippen LogP contribution is -2.28. The third-order valence-electron chi connectivity index (χ3n) is 4.10. The average molecular weight is 377 g/mol. The molecule has 0 aliphatic rings. The van der Waals surface area contributed by atoms with Crippen molar-refractivity contribution in [3.63, 3.8) is 0 Å². The number of rotatable bonds is 4. The summed E-state index contributed by atoms with van der Waals surface area (Å²) in [5.74, 6) is 0.233. The van der Waals surface area contributed by atoms with E-state index in [1.54, 1.807) is 38.1 Å². The zero-order valence-electron chi connectivity index (χ0n) is 15.0. The first-order chi connectivity index (χ1) is 12.7. The average Bonchev–Trinajstić information content (AvgIpc) is 3.21. The van der Waals surface area contributed by atoms with Crippen LogP contribution < -0.4 is 5.32 Å². The van der Waals surface area contributed by atoms with Crippen LogP contribution >= 0.6 is 0 Å². The van der Waals surface area contributed by atoms with Crippen LogP contribution in [0.2, 0.25) is 0 Å². The van der Waals surface area contributed by atoms with Crippen molar-refractivity contribution in [1.29, 1.82) is 0 Å². The maximum absolute atomic E-state index is 13.7. The molecule has 1 aromatic carbocycles. The smallest absolute Gasteiger partial charge is 0.434 e. The summed E-state index contributed by atoms with van der Waals surface area (Å²) in [5.41, 5.74) is -0.536. The lowest BCUT2D eigenvalue weighted by molar-refractivity contribution is -0.143. The number of carbonyl (C=O) groups is 1. The van der Waals surface area contributed by atoms with E-state index in [9.17, 15) is 18.0 Å². The highest BCUT2D eigenvalue weighted by molar-refractivity contribution is 5.95. The molecule has 27 heavy (non-hydrogen) atoms. The third-order valence-corrected chi connectivity index (χ3v) is 4.10. The molecule has 3 rings (SSSR count). The summed E-state index contributed by atoms with van der Waals surface area (Å²) in [6, 6.07) is 9.20. The predicted octanol–water partition coefficient (Wildman–Crippen LogP) is 4.59. The summed E-state index contributed by atoms with van der Waals surface area (Å²) in [4.78, 5) is 12.5. The highest BCUT2D eigenvalue weighted by Gasteiger charge is 2.40. The van der Waals surface area contributed by atoms with Gasteiger partial charge in [-0.25, -0.2) is 4.68 Å². The molecule has 0 aliphatic carbocycles. The number of nitrogens with one attached hydrogen (secondary N) is 1. The minimum absolute atomic E-state index is 0.224. The first-order valence-corrected chi connectivity index (χ1v) is 8.26. The van der Waals surface area contributed by atoms with Crippen LogP contribution in [0.15, 0.2) is 47.0 Å². The number of aromatic nitrogens is 2. The molecule has 2 aromatic heterocycles. The summed E-state index contributed by atoms with van der Waals surface area (Å²) < 4.78 is 47.2. The van der Waals surface area contributed by atoms with E-state index < -0.39 is 29.4 Å². The van der Waals surface area contributed by atoms with Crippen molar-refractivity contribution in [3.8, 4) is 5.69 Å². The number of benzene rings is 1. The Balaban J connectivity index is 1.95. The second-order valence-corrected chi connectivity index (χ2v) is 6.30. The monoisotopic (exact) mass is 377 g/mol. The van der Waals surface area contributed by atoms with Gasteiger partial charge in [-0.3, -0.25) is 4.79 Å². The van der Waals surface area contributed by atoms with E-state index in [1.807, 2.05) is 6.92 Å². The van der Waals surface area contributed by atoms with E-state index in [4.69, 9.17) is 4.42 Å². The predicted molar refractivity (Wildman–Crippen MR) is 92.6 cm³/mol. The van der Waals surface area contributed by atoms with Gasteiger partial charge in [0.1, 0.15) is 11.5 Å². The lowest BCUT2D eigenvalue weighted by Gasteiger charge is -2.15. The fourth-order valence-corrected chi connectivity index (χ4v) is 2.70. The van der Waals surface area contributed by atoms with Gasteiger partial charge < -0.3 is 9.73 Å². The molecule has 0 bridgehead atoms. The number of amides is 1. The highest BCUT2D eigenvalue weighted by Crippen LogP contribution is 2.34. The number of aryl methyl sites for hydroxylation is 2. The van der Waals surface area contributed by atoms with Crippen molar-refractivity contribution in [1.82, 2.24) is 15.1 Å². The molecule has 0 saturated carbocycles. The summed E-state index contributed by atoms with van der Waals surface area (Å²) in [6.45, 7) is 5.20. The molecular formula is C19H18F3N3O2. The van der Waals surface area contributed by atoms with Crippen LogP contribution in [0.1, 0.15) is 46.1 Å². The van der Waals surface area contributed by atoms with Gasteiger partial charge in [-0.05, 0) is 45.0 Å². The standard InChI is InChI=1S/C19H18F3N3O2/c1-11-4-7-14(8-5-11)25-17(19(20,21)22)15(10-23-25)18(26)24-13(3)16-9-6-12(2)27-16/h4-10,13H,1-3H3,(H,24,26). The molecule has 0 fully saturated rings. The fraction of sp³-hybridized carbons (Fsp3) is 0.263. The third kappa shape index (κ3) is 3.89. The second kappa shape index (κ2) is 6.94. The van der Waals surface area contributed by atoms with Gasteiger partial charge in [0.05, 0.1) is 23.5 Å². The van der Waals surface area contributed by atoms with Gasteiger partial charge in [-0.2, -0.15) is 18.3 Å². The Morgan fingerprint density at radius 1 is 1.15 bits per heavy atom. The topological polar surface area (TPSA) is 60.1 Å². The first-order valence-electron chi connectivity index (χ1n) is 8.26. The molecule has 142 valence electrons. The van der Waals surface area contributed by atoms with Crippen molar-refractivity contribution >= 4 is 5.91 Å². The molecule has 0 aliphatic heterocycles. The molecule has 1 amide bonds. The van der Waals surface area contributed by atoms with Crippen LogP contribution in [0.3, 0.4) is 0 Å². The normalized spacial score (nSPS) is 12.8. The SMILES string of the molecule is Cc1ccc(-n2ncc(C(=O)NC(C)c3ccc(C)o3)c2C(F)(F)F)cc1. The summed E-state index contributed by atoms with van der Waals surface area (Å²) >= 11 is 0. The Morgan fingerprint density at radius 3 is 2.37 bits per heavy atom. The largest absolute Gasteiger partial charge is 0.464 e. The Kier molecular flexibility index (Phi) is 4.82. The molecule has 1 unspecified atom stereocenters. The number of nitrogens with zero attached hydrogens (tertiary/aromatic N) is 2. The van der Waals surface area contributed by atoms with Gasteiger partial charge in [-0.15, -0.1) is 0 Å². The van der Waals surface area contributed by atoms with Crippen molar-refractivity contribution in [2.24, 2.45) is 0 Å². The van der Waals surface area contributed by atoms with Crippen LogP contribution in [0.5, 0.6) is 0 Å². The van der Waals surface area contributed by atoms with E-state index >= 15 is 0 Å².